The van der Waals surface area contributed by atoms with Gasteiger partial charge in [-0.05, 0) is 31.5 Å². The van der Waals surface area contributed by atoms with Crippen LogP contribution < -0.4 is 10.1 Å². The number of ether oxygens (including phenoxy) is 1. The van der Waals surface area contributed by atoms with Crippen molar-refractivity contribution in [3.8, 4) is 5.75 Å². The van der Waals surface area contributed by atoms with E-state index in [1.54, 1.807) is 0 Å². The molecule has 7 heteroatoms. The van der Waals surface area contributed by atoms with E-state index >= 15 is 0 Å². The Kier molecular flexibility index (Phi) is 6.62. The number of carbonyl (C=O) groups is 1. The Bertz CT molecular complexity index is 1000. The molecule has 1 aromatic heterocycles. The van der Waals surface area contributed by atoms with Crippen molar-refractivity contribution in [3.05, 3.63) is 77.4 Å². The van der Waals surface area contributed by atoms with E-state index in [9.17, 15) is 4.79 Å². The molecule has 0 radical (unpaired) electrons. The van der Waals surface area contributed by atoms with Gasteiger partial charge in [0.05, 0.1) is 6.04 Å². The quantitative estimate of drug-likeness (QED) is 0.638. The van der Waals surface area contributed by atoms with Gasteiger partial charge in [0.25, 0.3) is 5.91 Å². The van der Waals surface area contributed by atoms with Gasteiger partial charge in [0.15, 0.2) is 12.4 Å². The van der Waals surface area contributed by atoms with Crippen molar-refractivity contribution in [2.75, 3.05) is 19.7 Å². The highest BCUT2D eigenvalue weighted by molar-refractivity contribution is 5.77. The Hall–Kier alpha value is -3.19. The summed E-state index contributed by atoms with van der Waals surface area (Å²) in [7, 11) is 0. The number of para-hydroxylation sites is 1. The average Bonchev–Trinajstić information content (AvgIpc) is 3.09. The van der Waals surface area contributed by atoms with Crippen LogP contribution in [-0.4, -0.2) is 45.3 Å². The smallest absolute Gasteiger partial charge is 0.258 e. The zero-order valence-electron chi connectivity index (χ0n) is 18.1. The van der Waals surface area contributed by atoms with Gasteiger partial charge in [-0.25, -0.2) is 0 Å². The molecule has 0 aliphatic carbocycles. The first-order valence-corrected chi connectivity index (χ1v) is 10.8. The third-order valence-electron chi connectivity index (χ3n) is 5.55. The SMILES string of the molecule is Cc1ccc(CN2CCc3nnc([C@H](C)NC(=O)COc4ccccc4)n3CC2)cc1. The van der Waals surface area contributed by atoms with Crippen molar-refractivity contribution < 1.29 is 9.53 Å². The molecule has 0 unspecified atom stereocenters. The van der Waals surface area contributed by atoms with Gasteiger partial charge >= 0.3 is 0 Å². The third-order valence-corrected chi connectivity index (χ3v) is 5.55. The van der Waals surface area contributed by atoms with E-state index in [0.717, 1.165) is 44.2 Å². The molecule has 1 aliphatic heterocycles. The fraction of sp³-hybridized carbons (Fsp3) is 0.375. The summed E-state index contributed by atoms with van der Waals surface area (Å²) in [5.41, 5.74) is 2.60. The molecular weight excluding hydrogens is 390 g/mol. The van der Waals surface area contributed by atoms with E-state index in [1.807, 2.05) is 37.3 Å². The van der Waals surface area contributed by atoms with Gasteiger partial charge in [0, 0.05) is 32.6 Å². The number of carbonyl (C=O) groups excluding carboxylic acids is 1. The van der Waals surface area contributed by atoms with Gasteiger partial charge < -0.3 is 14.6 Å². The molecule has 2 aromatic carbocycles. The summed E-state index contributed by atoms with van der Waals surface area (Å²) < 4.78 is 7.69. The predicted octanol–water partition coefficient (Wildman–Crippen LogP) is 2.90. The highest BCUT2D eigenvalue weighted by atomic mass is 16.5. The van der Waals surface area contributed by atoms with Gasteiger partial charge in [0.1, 0.15) is 11.6 Å². The molecule has 0 saturated heterocycles. The second-order valence-corrected chi connectivity index (χ2v) is 8.03. The molecule has 7 nitrogen and oxygen atoms in total. The molecule has 1 atom stereocenters. The summed E-state index contributed by atoms with van der Waals surface area (Å²) >= 11 is 0. The molecule has 2 heterocycles. The lowest BCUT2D eigenvalue weighted by Gasteiger charge is -2.20. The van der Waals surface area contributed by atoms with Crippen molar-refractivity contribution >= 4 is 5.91 Å². The van der Waals surface area contributed by atoms with Gasteiger partial charge in [-0.15, -0.1) is 10.2 Å². The second kappa shape index (κ2) is 9.75. The Morgan fingerprint density at radius 2 is 1.84 bits per heavy atom. The molecule has 0 bridgehead atoms. The number of amides is 1. The first kappa shape index (κ1) is 21.1. The summed E-state index contributed by atoms with van der Waals surface area (Å²) in [5, 5.41) is 11.7. The molecule has 162 valence electrons. The number of nitrogens with zero attached hydrogens (tertiary/aromatic N) is 4. The summed E-state index contributed by atoms with van der Waals surface area (Å²) in [5.74, 6) is 2.27. The van der Waals surface area contributed by atoms with Gasteiger partial charge in [-0.2, -0.15) is 0 Å². The van der Waals surface area contributed by atoms with Crippen LogP contribution in [0.25, 0.3) is 0 Å². The molecule has 4 rings (SSSR count). The average molecular weight is 420 g/mol. The van der Waals surface area contributed by atoms with Gasteiger partial charge in [-0.3, -0.25) is 9.69 Å². The second-order valence-electron chi connectivity index (χ2n) is 8.03. The standard InChI is InChI=1S/C24H29N5O2/c1-18-8-10-20(11-9-18)16-28-13-12-22-26-27-24(29(22)15-14-28)19(2)25-23(30)17-31-21-6-4-3-5-7-21/h3-11,19H,12-17H2,1-2H3,(H,25,30)/t19-/m0/s1. The van der Waals surface area contributed by atoms with Crippen LogP contribution in [0.5, 0.6) is 5.75 Å². The number of fused-ring (bicyclic) bond motifs is 1. The first-order chi connectivity index (χ1) is 15.1. The monoisotopic (exact) mass is 419 g/mol. The van der Waals surface area contributed by atoms with E-state index < -0.39 is 0 Å². The summed E-state index contributed by atoms with van der Waals surface area (Å²) in [6.45, 7) is 7.62. The zero-order valence-corrected chi connectivity index (χ0v) is 18.1. The van der Waals surface area contributed by atoms with E-state index in [4.69, 9.17) is 4.74 Å². The molecule has 1 aliphatic rings. The van der Waals surface area contributed by atoms with E-state index in [2.05, 4.69) is 56.2 Å². The maximum Gasteiger partial charge on any atom is 0.258 e. The summed E-state index contributed by atoms with van der Waals surface area (Å²) in [6, 6.07) is 17.8. The Balaban J connectivity index is 1.33. The predicted molar refractivity (Wildman–Crippen MR) is 119 cm³/mol. The molecule has 0 spiro atoms. The number of aryl methyl sites for hydroxylation is 1. The van der Waals surface area contributed by atoms with Gasteiger partial charge in [0.2, 0.25) is 0 Å². The van der Waals surface area contributed by atoms with Crippen LogP contribution in [0.4, 0.5) is 0 Å². The number of aromatic nitrogens is 3. The zero-order chi connectivity index (χ0) is 21.6. The van der Waals surface area contributed by atoms with E-state index in [-0.39, 0.29) is 18.6 Å². The first-order valence-electron chi connectivity index (χ1n) is 10.8. The van der Waals surface area contributed by atoms with Crippen molar-refractivity contribution in [1.82, 2.24) is 25.0 Å². The van der Waals surface area contributed by atoms with Crippen LogP contribution in [0, 0.1) is 6.92 Å². The van der Waals surface area contributed by atoms with Crippen molar-refractivity contribution in [1.29, 1.82) is 0 Å². The molecule has 1 N–H and O–H groups in total. The highest BCUT2D eigenvalue weighted by Gasteiger charge is 2.23. The van der Waals surface area contributed by atoms with Crippen molar-refractivity contribution in [2.45, 2.75) is 39.4 Å². The van der Waals surface area contributed by atoms with Crippen molar-refractivity contribution in [2.24, 2.45) is 0 Å². The van der Waals surface area contributed by atoms with Crippen LogP contribution in [0.3, 0.4) is 0 Å². The number of hydrogen-bond acceptors (Lipinski definition) is 5. The Labute approximate surface area is 183 Å². The van der Waals surface area contributed by atoms with Crippen LogP contribution in [0.2, 0.25) is 0 Å². The fourth-order valence-electron chi connectivity index (χ4n) is 3.83. The lowest BCUT2D eigenvalue weighted by atomic mass is 10.1. The minimum absolute atomic E-state index is 0.0281. The minimum atomic E-state index is -0.239. The van der Waals surface area contributed by atoms with E-state index in [1.165, 1.54) is 11.1 Å². The molecule has 3 aromatic rings. The highest BCUT2D eigenvalue weighted by Crippen LogP contribution is 2.17. The lowest BCUT2D eigenvalue weighted by Crippen LogP contribution is -2.33. The lowest BCUT2D eigenvalue weighted by molar-refractivity contribution is -0.123. The molecule has 1 amide bonds. The van der Waals surface area contributed by atoms with E-state index in [0.29, 0.717) is 5.75 Å². The topological polar surface area (TPSA) is 72.3 Å². The van der Waals surface area contributed by atoms with Crippen LogP contribution >= 0.6 is 0 Å². The maximum atomic E-state index is 12.3. The number of nitrogens with one attached hydrogen (secondary N) is 1. The van der Waals surface area contributed by atoms with Crippen molar-refractivity contribution in [3.63, 3.8) is 0 Å². The summed E-state index contributed by atoms with van der Waals surface area (Å²) in [4.78, 5) is 14.8. The molecular formula is C24H29N5O2. The van der Waals surface area contributed by atoms with Crippen LogP contribution in [0.1, 0.15) is 35.7 Å². The normalized spacial score (nSPS) is 15.0. The number of hydrogen-bond donors (Lipinski definition) is 1. The Morgan fingerprint density at radius 3 is 2.61 bits per heavy atom. The van der Waals surface area contributed by atoms with Crippen LogP contribution in [-0.2, 0) is 24.3 Å². The largest absolute Gasteiger partial charge is 0.484 e. The number of benzene rings is 2. The molecule has 31 heavy (non-hydrogen) atoms. The fourth-order valence-corrected chi connectivity index (χ4v) is 3.83. The minimum Gasteiger partial charge on any atom is -0.484 e. The Morgan fingerprint density at radius 1 is 1.06 bits per heavy atom. The molecule has 0 fully saturated rings. The molecule has 0 saturated carbocycles. The summed E-state index contributed by atoms with van der Waals surface area (Å²) in [6.07, 6.45) is 0.844. The number of rotatable bonds is 7. The third kappa shape index (κ3) is 5.49. The van der Waals surface area contributed by atoms with Crippen LogP contribution in [0.15, 0.2) is 54.6 Å². The maximum absolute atomic E-state index is 12.3. The van der Waals surface area contributed by atoms with Gasteiger partial charge in [-0.1, -0.05) is 48.0 Å².